The molecule has 1 aliphatic carbocycles. The third-order valence-corrected chi connectivity index (χ3v) is 5.08. The van der Waals surface area contributed by atoms with E-state index < -0.39 is 12.9 Å². The number of unbranched alkanes of at least 4 members (excludes halogenated alkanes) is 1. The second-order valence-electron chi connectivity index (χ2n) is 4.35. The van der Waals surface area contributed by atoms with Crippen LogP contribution in [0.15, 0.2) is 0 Å². The highest BCUT2D eigenvalue weighted by atomic mass is 31.2. The first-order chi connectivity index (χ1) is 7.02. The lowest BCUT2D eigenvalue weighted by atomic mass is 9.96. The van der Waals surface area contributed by atoms with Gasteiger partial charge in [0.05, 0.1) is 11.9 Å². The Morgan fingerprint density at radius 2 is 2.00 bits per heavy atom. The number of hydrogen-bond acceptors (Lipinski definition) is 4. The molecular weight excluding hydrogens is 213 g/mol. The molecule has 0 radical (unpaired) electrons. The minimum atomic E-state index is -3.88. The van der Waals surface area contributed by atoms with Crippen molar-refractivity contribution in [3.8, 4) is 0 Å². The smallest absolute Gasteiger partial charge is 0.154 e. The molecule has 2 N–H and O–H groups in total. The zero-order valence-electron chi connectivity index (χ0n) is 9.41. The van der Waals surface area contributed by atoms with Gasteiger partial charge in [-0.1, -0.05) is 32.6 Å². The van der Waals surface area contributed by atoms with Crippen molar-refractivity contribution in [3.63, 3.8) is 0 Å². The second kappa shape index (κ2) is 5.44. The molecular formula is C10H21NO3P-. The summed E-state index contributed by atoms with van der Waals surface area (Å²) in [5.41, 5.74) is 5.92. The summed E-state index contributed by atoms with van der Waals surface area (Å²) in [6.07, 6.45) is 5.63. The van der Waals surface area contributed by atoms with E-state index in [-0.39, 0.29) is 6.61 Å². The van der Waals surface area contributed by atoms with Crippen LogP contribution in [-0.4, -0.2) is 11.9 Å². The van der Waals surface area contributed by atoms with Crippen molar-refractivity contribution in [1.29, 1.82) is 0 Å². The molecule has 1 saturated carbocycles. The van der Waals surface area contributed by atoms with E-state index in [2.05, 4.69) is 0 Å². The zero-order chi connectivity index (χ0) is 11.4. The summed E-state index contributed by atoms with van der Waals surface area (Å²) in [4.78, 5) is 11.9. The fourth-order valence-corrected chi connectivity index (χ4v) is 3.39. The standard InChI is InChI=1S/C10H22NO3P/c1-2-3-9-14-15(12,13)10(11)7-5-4-6-8-10/h2-9,11H2,1H3,(H,12,13)/p-1. The monoisotopic (exact) mass is 234 g/mol. The molecule has 1 rings (SSSR count). The second-order valence-corrected chi connectivity index (χ2v) is 6.49. The van der Waals surface area contributed by atoms with Gasteiger partial charge in [-0.05, 0) is 19.3 Å². The molecule has 1 fully saturated rings. The summed E-state index contributed by atoms with van der Waals surface area (Å²) in [5, 5.41) is -1.10. The molecule has 0 aromatic heterocycles. The maximum atomic E-state index is 11.9. The van der Waals surface area contributed by atoms with E-state index in [1.807, 2.05) is 6.92 Å². The molecule has 90 valence electrons. The van der Waals surface area contributed by atoms with Crippen LogP contribution < -0.4 is 10.6 Å². The minimum absolute atomic E-state index is 0.274. The molecule has 0 aromatic carbocycles. The van der Waals surface area contributed by atoms with Gasteiger partial charge in [-0.3, -0.25) is 0 Å². The van der Waals surface area contributed by atoms with Gasteiger partial charge in [0.15, 0.2) is 7.60 Å². The van der Waals surface area contributed by atoms with Crippen LogP contribution in [0.3, 0.4) is 0 Å². The van der Waals surface area contributed by atoms with E-state index in [4.69, 9.17) is 10.3 Å². The molecule has 0 saturated heterocycles. The Morgan fingerprint density at radius 3 is 2.53 bits per heavy atom. The Morgan fingerprint density at radius 1 is 1.40 bits per heavy atom. The highest BCUT2D eigenvalue weighted by Crippen LogP contribution is 2.54. The van der Waals surface area contributed by atoms with E-state index in [0.717, 1.165) is 32.1 Å². The van der Waals surface area contributed by atoms with Gasteiger partial charge in [0, 0.05) is 0 Å². The molecule has 1 unspecified atom stereocenters. The van der Waals surface area contributed by atoms with Crippen molar-refractivity contribution in [2.45, 2.75) is 57.1 Å². The van der Waals surface area contributed by atoms with E-state index in [0.29, 0.717) is 12.8 Å². The summed E-state index contributed by atoms with van der Waals surface area (Å²) in [7, 11) is -3.88. The van der Waals surface area contributed by atoms with Crippen LogP contribution in [0.5, 0.6) is 0 Å². The molecule has 0 spiro atoms. The number of hydrogen-bond donors (Lipinski definition) is 1. The van der Waals surface area contributed by atoms with Crippen LogP contribution in [0.25, 0.3) is 0 Å². The third kappa shape index (κ3) is 3.28. The Balaban J connectivity index is 2.53. The van der Waals surface area contributed by atoms with Crippen LogP contribution in [0.1, 0.15) is 51.9 Å². The molecule has 0 amide bonds. The predicted octanol–water partition coefficient (Wildman–Crippen LogP) is 1.98. The van der Waals surface area contributed by atoms with E-state index >= 15 is 0 Å². The van der Waals surface area contributed by atoms with Crippen LogP contribution in [0, 0.1) is 0 Å². The summed E-state index contributed by atoms with van der Waals surface area (Å²) in [6.45, 7) is 2.27. The average molecular weight is 234 g/mol. The summed E-state index contributed by atoms with van der Waals surface area (Å²) in [5.74, 6) is 0. The van der Waals surface area contributed by atoms with Crippen LogP contribution in [-0.2, 0) is 9.09 Å². The molecule has 5 heteroatoms. The van der Waals surface area contributed by atoms with Gasteiger partial charge >= 0.3 is 0 Å². The normalized spacial score (nSPS) is 24.7. The molecule has 0 bridgehead atoms. The lowest BCUT2D eigenvalue weighted by Gasteiger charge is -2.43. The Hall–Kier alpha value is 0.110. The van der Waals surface area contributed by atoms with Gasteiger partial charge in [-0.2, -0.15) is 0 Å². The highest BCUT2D eigenvalue weighted by Gasteiger charge is 2.38. The molecule has 0 aromatic rings. The van der Waals surface area contributed by atoms with Crippen molar-refractivity contribution >= 4 is 7.60 Å². The quantitative estimate of drug-likeness (QED) is 0.583. The van der Waals surface area contributed by atoms with E-state index in [1.54, 1.807) is 0 Å². The van der Waals surface area contributed by atoms with Crippen LogP contribution >= 0.6 is 7.60 Å². The first-order valence-electron chi connectivity index (χ1n) is 5.76. The molecule has 4 nitrogen and oxygen atoms in total. The van der Waals surface area contributed by atoms with E-state index in [9.17, 15) is 9.46 Å². The maximum absolute atomic E-state index is 11.9. The SMILES string of the molecule is CCCCOP(=O)([O-])C1(N)CCCCC1. The summed E-state index contributed by atoms with van der Waals surface area (Å²) in [6, 6.07) is 0. The molecule has 1 aliphatic rings. The lowest BCUT2D eigenvalue weighted by Crippen LogP contribution is -2.45. The topological polar surface area (TPSA) is 75.4 Å². The van der Waals surface area contributed by atoms with Gasteiger partial charge in [-0.25, -0.2) is 0 Å². The van der Waals surface area contributed by atoms with Gasteiger partial charge < -0.3 is 19.7 Å². The molecule has 15 heavy (non-hydrogen) atoms. The summed E-state index contributed by atoms with van der Waals surface area (Å²) < 4.78 is 16.9. The zero-order valence-corrected chi connectivity index (χ0v) is 10.3. The summed E-state index contributed by atoms with van der Waals surface area (Å²) >= 11 is 0. The van der Waals surface area contributed by atoms with Crippen LogP contribution in [0.4, 0.5) is 0 Å². The van der Waals surface area contributed by atoms with Crippen molar-refractivity contribution < 1.29 is 14.0 Å². The highest BCUT2D eigenvalue weighted by molar-refractivity contribution is 7.53. The van der Waals surface area contributed by atoms with Crippen molar-refractivity contribution in [1.82, 2.24) is 0 Å². The molecule has 0 aliphatic heterocycles. The fraction of sp³-hybridized carbons (Fsp3) is 1.00. The van der Waals surface area contributed by atoms with Gasteiger partial charge in [0.25, 0.3) is 0 Å². The third-order valence-electron chi connectivity index (χ3n) is 3.02. The van der Waals surface area contributed by atoms with Crippen molar-refractivity contribution in [3.05, 3.63) is 0 Å². The average Bonchev–Trinajstić information content (AvgIpc) is 2.19. The van der Waals surface area contributed by atoms with E-state index in [1.165, 1.54) is 0 Å². The lowest BCUT2D eigenvalue weighted by molar-refractivity contribution is -0.206. The van der Waals surface area contributed by atoms with Crippen LogP contribution in [0.2, 0.25) is 0 Å². The van der Waals surface area contributed by atoms with Crippen molar-refractivity contribution in [2.75, 3.05) is 6.61 Å². The Kier molecular flexibility index (Phi) is 4.78. The first-order valence-corrected chi connectivity index (χ1v) is 7.31. The Bertz CT molecular complexity index is 239. The maximum Gasteiger partial charge on any atom is 0.154 e. The van der Waals surface area contributed by atoms with Crippen molar-refractivity contribution in [2.24, 2.45) is 5.73 Å². The minimum Gasteiger partial charge on any atom is -0.777 e. The predicted molar refractivity (Wildman–Crippen MR) is 58.5 cm³/mol. The fourth-order valence-electron chi connectivity index (χ4n) is 1.90. The van der Waals surface area contributed by atoms with Gasteiger partial charge in [0.2, 0.25) is 0 Å². The molecule has 0 heterocycles. The molecule has 1 atom stereocenters. The van der Waals surface area contributed by atoms with Gasteiger partial charge in [-0.15, -0.1) is 0 Å². The Labute approximate surface area is 91.7 Å². The van der Waals surface area contributed by atoms with Gasteiger partial charge in [0.1, 0.15) is 0 Å². The number of nitrogens with two attached hydrogens (primary N) is 1. The number of rotatable bonds is 5. The first kappa shape index (κ1) is 13.2. The largest absolute Gasteiger partial charge is 0.777 e.